The minimum absolute atomic E-state index is 0.0238. The molecule has 2 atom stereocenters. The Hall–Kier alpha value is -1.79. The Morgan fingerprint density at radius 1 is 1.24 bits per heavy atom. The predicted molar refractivity (Wildman–Crippen MR) is 97.1 cm³/mol. The fraction of sp³-hybridized carbons (Fsp3) is 0.632. The van der Waals surface area contributed by atoms with Crippen LogP contribution in [0.3, 0.4) is 0 Å². The summed E-state index contributed by atoms with van der Waals surface area (Å²) in [4.78, 5) is 14.6. The summed E-state index contributed by atoms with van der Waals surface area (Å²) in [7, 11) is 3.26. The van der Waals surface area contributed by atoms with Crippen LogP contribution in [0.1, 0.15) is 31.9 Å². The molecule has 1 saturated heterocycles. The van der Waals surface area contributed by atoms with Gasteiger partial charge in [0, 0.05) is 25.6 Å². The molecule has 6 nitrogen and oxygen atoms in total. The maximum Gasteiger partial charge on any atom is 0.222 e. The molecule has 6 heteroatoms. The van der Waals surface area contributed by atoms with Crippen LogP contribution in [0.4, 0.5) is 0 Å². The molecule has 1 aromatic carbocycles. The van der Waals surface area contributed by atoms with Crippen molar-refractivity contribution < 1.29 is 19.0 Å². The lowest BCUT2D eigenvalue weighted by Gasteiger charge is -2.35. The van der Waals surface area contributed by atoms with Gasteiger partial charge >= 0.3 is 0 Å². The molecule has 140 valence electrons. The van der Waals surface area contributed by atoms with Crippen LogP contribution in [-0.4, -0.2) is 57.9 Å². The fourth-order valence-electron chi connectivity index (χ4n) is 2.96. The van der Waals surface area contributed by atoms with Crippen molar-refractivity contribution in [1.29, 1.82) is 0 Å². The van der Waals surface area contributed by atoms with Crippen molar-refractivity contribution in [3.63, 3.8) is 0 Å². The van der Waals surface area contributed by atoms with Gasteiger partial charge in [0.1, 0.15) is 0 Å². The minimum Gasteiger partial charge on any atom is -0.493 e. The number of carbonyl (C=O) groups is 1. The van der Waals surface area contributed by atoms with E-state index < -0.39 is 0 Å². The highest BCUT2D eigenvalue weighted by molar-refractivity contribution is 5.78. The van der Waals surface area contributed by atoms with Crippen molar-refractivity contribution in [2.24, 2.45) is 5.92 Å². The molecular formula is C19H30N2O4. The molecule has 0 bridgehead atoms. The standard InChI is InChI=1S/C19H30N2O4/c1-5-14(2)19(22)20-13-16(21-8-10-25-11-9-21)15-6-7-17(23-3)18(12-15)24-4/h6-7,12,14,16H,5,8-11,13H2,1-4H3,(H,20,22). The van der Waals surface area contributed by atoms with E-state index in [-0.39, 0.29) is 17.9 Å². The Labute approximate surface area is 150 Å². The van der Waals surface area contributed by atoms with Crippen molar-refractivity contribution in [3.8, 4) is 11.5 Å². The molecule has 1 aromatic rings. The van der Waals surface area contributed by atoms with Crippen LogP contribution in [0.25, 0.3) is 0 Å². The zero-order valence-electron chi connectivity index (χ0n) is 15.7. The van der Waals surface area contributed by atoms with Crippen molar-refractivity contribution in [3.05, 3.63) is 23.8 Å². The Bertz CT molecular complexity index is 558. The molecule has 2 rings (SSSR count). The molecule has 0 radical (unpaired) electrons. The molecule has 1 amide bonds. The van der Waals surface area contributed by atoms with Gasteiger partial charge in [-0.1, -0.05) is 19.9 Å². The summed E-state index contributed by atoms with van der Waals surface area (Å²) in [6.07, 6.45) is 0.838. The van der Waals surface area contributed by atoms with Crippen molar-refractivity contribution in [2.75, 3.05) is 47.1 Å². The molecule has 2 unspecified atom stereocenters. The third-order valence-corrected chi connectivity index (χ3v) is 4.81. The summed E-state index contributed by atoms with van der Waals surface area (Å²) in [6.45, 7) is 7.66. The number of methoxy groups -OCH3 is 2. The predicted octanol–water partition coefficient (Wildman–Crippen LogP) is 2.24. The number of benzene rings is 1. The van der Waals surface area contributed by atoms with E-state index >= 15 is 0 Å². The summed E-state index contributed by atoms with van der Waals surface area (Å²) >= 11 is 0. The Morgan fingerprint density at radius 2 is 1.92 bits per heavy atom. The normalized spacial score (nSPS) is 17.6. The van der Waals surface area contributed by atoms with Gasteiger partial charge in [0.25, 0.3) is 0 Å². The molecule has 0 aliphatic carbocycles. The number of hydrogen-bond donors (Lipinski definition) is 1. The van der Waals surface area contributed by atoms with E-state index in [1.807, 2.05) is 32.0 Å². The summed E-state index contributed by atoms with van der Waals surface area (Å²) in [6, 6.07) is 6.03. The first kappa shape index (κ1) is 19.5. The van der Waals surface area contributed by atoms with Gasteiger partial charge in [-0.25, -0.2) is 0 Å². The van der Waals surface area contributed by atoms with E-state index in [0.717, 1.165) is 25.1 Å². The first-order valence-electron chi connectivity index (χ1n) is 8.92. The van der Waals surface area contributed by atoms with Gasteiger partial charge in [-0.05, 0) is 24.1 Å². The molecule has 1 aliphatic rings. The van der Waals surface area contributed by atoms with E-state index in [2.05, 4.69) is 10.2 Å². The molecule has 0 saturated carbocycles. The zero-order chi connectivity index (χ0) is 18.2. The second-order valence-corrected chi connectivity index (χ2v) is 6.33. The van der Waals surface area contributed by atoms with E-state index in [4.69, 9.17) is 14.2 Å². The van der Waals surface area contributed by atoms with Crippen LogP contribution in [0, 0.1) is 5.92 Å². The first-order valence-corrected chi connectivity index (χ1v) is 8.92. The third kappa shape index (κ3) is 5.09. The summed E-state index contributed by atoms with van der Waals surface area (Å²) < 4.78 is 16.2. The maximum atomic E-state index is 12.2. The lowest BCUT2D eigenvalue weighted by molar-refractivity contribution is -0.124. The second-order valence-electron chi connectivity index (χ2n) is 6.33. The van der Waals surface area contributed by atoms with Crippen LogP contribution in [0.2, 0.25) is 0 Å². The minimum atomic E-state index is 0.0238. The maximum absolute atomic E-state index is 12.2. The highest BCUT2D eigenvalue weighted by atomic mass is 16.5. The molecule has 1 N–H and O–H groups in total. The first-order chi connectivity index (χ1) is 12.1. The third-order valence-electron chi connectivity index (χ3n) is 4.81. The number of nitrogens with one attached hydrogen (secondary N) is 1. The highest BCUT2D eigenvalue weighted by Crippen LogP contribution is 2.32. The molecule has 0 aromatic heterocycles. The van der Waals surface area contributed by atoms with E-state index in [1.165, 1.54) is 0 Å². The van der Waals surface area contributed by atoms with Gasteiger partial charge in [-0.2, -0.15) is 0 Å². The van der Waals surface area contributed by atoms with Gasteiger partial charge in [0.2, 0.25) is 5.91 Å². The van der Waals surface area contributed by atoms with Gasteiger partial charge in [-0.3, -0.25) is 9.69 Å². The van der Waals surface area contributed by atoms with Gasteiger partial charge in [-0.15, -0.1) is 0 Å². The number of amides is 1. The van der Waals surface area contributed by atoms with Gasteiger partial charge < -0.3 is 19.5 Å². The quantitative estimate of drug-likeness (QED) is 0.779. The number of morpholine rings is 1. The van der Waals surface area contributed by atoms with E-state index in [0.29, 0.717) is 31.3 Å². The summed E-state index contributed by atoms with van der Waals surface area (Å²) in [5.41, 5.74) is 1.10. The van der Waals surface area contributed by atoms with Crippen molar-refractivity contribution in [2.45, 2.75) is 26.3 Å². The Balaban J connectivity index is 2.20. The van der Waals surface area contributed by atoms with E-state index in [9.17, 15) is 4.79 Å². The number of nitrogens with zero attached hydrogens (tertiary/aromatic N) is 1. The lowest BCUT2D eigenvalue weighted by Crippen LogP contribution is -2.44. The van der Waals surface area contributed by atoms with Crippen LogP contribution in [0.15, 0.2) is 18.2 Å². The van der Waals surface area contributed by atoms with E-state index in [1.54, 1.807) is 14.2 Å². The lowest BCUT2D eigenvalue weighted by atomic mass is 10.0. The summed E-state index contributed by atoms with van der Waals surface area (Å²) in [5.74, 6) is 1.53. The Morgan fingerprint density at radius 3 is 2.52 bits per heavy atom. The smallest absolute Gasteiger partial charge is 0.222 e. The zero-order valence-corrected chi connectivity index (χ0v) is 15.7. The van der Waals surface area contributed by atoms with Crippen molar-refractivity contribution in [1.82, 2.24) is 10.2 Å². The molecule has 1 aliphatic heterocycles. The van der Waals surface area contributed by atoms with Crippen LogP contribution in [0.5, 0.6) is 11.5 Å². The van der Waals surface area contributed by atoms with Crippen molar-refractivity contribution >= 4 is 5.91 Å². The van der Waals surface area contributed by atoms with Gasteiger partial charge in [0.05, 0.1) is 33.5 Å². The van der Waals surface area contributed by atoms with Crippen LogP contribution < -0.4 is 14.8 Å². The number of carbonyl (C=O) groups excluding carboxylic acids is 1. The topological polar surface area (TPSA) is 60.0 Å². The average Bonchev–Trinajstić information content (AvgIpc) is 2.67. The molecule has 0 spiro atoms. The second kappa shape index (κ2) is 9.63. The van der Waals surface area contributed by atoms with Crippen LogP contribution >= 0.6 is 0 Å². The largest absolute Gasteiger partial charge is 0.493 e. The van der Waals surface area contributed by atoms with Gasteiger partial charge in [0.15, 0.2) is 11.5 Å². The van der Waals surface area contributed by atoms with Crippen LogP contribution in [-0.2, 0) is 9.53 Å². The number of rotatable bonds is 8. The summed E-state index contributed by atoms with van der Waals surface area (Å²) in [5, 5.41) is 3.10. The number of ether oxygens (including phenoxy) is 3. The fourth-order valence-corrected chi connectivity index (χ4v) is 2.96. The molecule has 1 fully saturated rings. The monoisotopic (exact) mass is 350 g/mol. The molecular weight excluding hydrogens is 320 g/mol. The molecule has 1 heterocycles. The highest BCUT2D eigenvalue weighted by Gasteiger charge is 2.25. The number of hydrogen-bond acceptors (Lipinski definition) is 5. The average molecular weight is 350 g/mol. The molecule has 25 heavy (non-hydrogen) atoms. The SMILES string of the molecule is CCC(C)C(=O)NCC(c1ccc(OC)c(OC)c1)N1CCOCC1. The Kier molecular flexibility index (Phi) is 7.52.